The summed E-state index contributed by atoms with van der Waals surface area (Å²) >= 11 is 4.44. The van der Waals surface area contributed by atoms with E-state index in [2.05, 4.69) is 43.2 Å². The number of thiazole rings is 1. The molecule has 2 fully saturated rings. The van der Waals surface area contributed by atoms with Crippen LogP contribution in [-0.2, 0) is 17.5 Å². The molecule has 4 aromatic rings. The number of ketones is 1. The van der Waals surface area contributed by atoms with Gasteiger partial charge in [0.2, 0.25) is 5.16 Å². The van der Waals surface area contributed by atoms with Crippen LogP contribution < -0.4 is 15.5 Å². The zero-order chi connectivity index (χ0) is 29.6. The number of aryl methyl sites for hydroxylation is 1. The maximum absolute atomic E-state index is 13.6. The smallest absolute Gasteiger partial charge is 0.325 e. The van der Waals surface area contributed by atoms with Gasteiger partial charge in [-0.1, -0.05) is 42.4 Å². The van der Waals surface area contributed by atoms with Gasteiger partial charge in [0, 0.05) is 48.0 Å². The highest BCUT2D eigenvalue weighted by molar-refractivity contribution is 8.01. The molecule has 14 heteroatoms. The van der Waals surface area contributed by atoms with Crippen LogP contribution in [0.5, 0.6) is 0 Å². The average Bonchev–Trinajstić information content (AvgIpc) is 3.80. The van der Waals surface area contributed by atoms with Gasteiger partial charge in [0.25, 0.3) is 0 Å². The number of carbonyl (C=O) groups excluding carboxylic acids is 2. The number of ether oxygens (including phenoxy) is 1. The van der Waals surface area contributed by atoms with Gasteiger partial charge in [-0.05, 0) is 65.4 Å². The quantitative estimate of drug-likeness (QED) is 0.159. The monoisotopic (exact) mass is 636 g/mol. The fourth-order valence-electron chi connectivity index (χ4n) is 5.14. The highest BCUT2D eigenvalue weighted by atomic mass is 32.2. The minimum atomic E-state index is -0.451. The topological polar surface area (TPSA) is 127 Å². The van der Waals surface area contributed by atoms with Crippen LogP contribution in [0.3, 0.4) is 0 Å². The number of morpholine rings is 1. The molecule has 6 rings (SSSR count). The van der Waals surface area contributed by atoms with Gasteiger partial charge in [-0.3, -0.25) is 10.1 Å². The van der Waals surface area contributed by atoms with Crippen LogP contribution in [0.1, 0.15) is 41.7 Å². The second-order valence-electron chi connectivity index (χ2n) is 10.3. The highest BCUT2D eigenvalue weighted by Crippen LogP contribution is 2.39. The molecule has 43 heavy (non-hydrogen) atoms. The van der Waals surface area contributed by atoms with E-state index >= 15 is 0 Å². The molecular weight excluding hydrogens is 605 g/mol. The Morgan fingerprint density at radius 1 is 1.07 bits per heavy atom. The molecule has 1 aliphatic carbocycles. The van der Waals surface area contributed by atoms with Crippen LogP contribution in [0.25, 0.3) is 0 Å². The number of benzene rings is 2. The predicted octanol–water partition coefficient (Wildman–Crippen LogP) is 5.96. The van der Waals surface area contributed by atoms with E-state index in [0.29, 0.717) is 40.5 Å². The van der Waals surface area contributed by atoms with E-state index < -0.39 is 6.03 Å². The summed E-state index contributed by atoms with van der Waals surface area (Å²) in [5, 5.41) is 18.7. The van der Waals surface area contributed by atoms with Crippen molar-refractivity contribution in [2.75, 3.05) is 41.8 Å². The number of anilines is 3. The lowest BCUT2D eigenvalue weighted by Crippen LogP contribution is -2.36. The van der Waals surface area contributed by atoms with Gasteiger partial charge in [-0.2, -0.15) is 0 Å². The van der Waals surface area contributed by atoms with Crippen molar-refractivity contribution in [3.05, 3.63) is 59.8 Å². The molecule has 2 aliphatic rings. The molecule has 1 aliphatic heterocycles. The number of amides is 2. The van der Waals surface area contributed by atoms with Crippen molar-refractivity contribution in [3.8, 4) is 0 Å². The zero-order valence-electron chi connectivity index (χ0n) is 23.7. The minimum absolute atomic E-state index is 0.0122. The number of carbonyl (C=O) groups is 2. The largest absolute Gasteiger partial charge is 0.378 e. The molecule has 3 heterocycles. The Labute approximate surface area is 262 Å². The Kier molecular flexibility index (Phi) is 9.56. The van der Waals surface area contributed by atoms with Gasteiger partial charge < -0.3 is 15.0 Å². The highest BCUT2D eigenvalue weighted by Gasteiger charge is 2.27. The van der Waals surface area contributed by atoms with Gasteiger partial charge in [0.1, 0.15) is 0 Å². The van der Waals surface area contributed by atoms with Crippen molar-refractivity contribution in [1.29, 1.82) is 0 Å². The summed E-state index contributed by atoms with van der Waals surface area (Å²) in [7, 11) is 1.78. The van der Waals surface area contributed by atoms with Gasteiger partial charge in [0.15, 0.2) is 10.9 Å². The average molecular weight is 637 g/mol. The molecule has 0 unspecified atom stereocenters. The summed E-state index contributed by atoms with van der Waals surface area (Å²) in [6, 6.07) is 15.4. The molecular formula is C29H32N8O3S3. The van der Waals surface area contributed by atoms with Gasteiger partial charge in [-0.25, -0.2) is 14.5 Å². The van der Waals surface area contributed by atoms with Crippen molar-refractivity contribution < 1.29 is 14.3 Å². The fourth-order valence-corrected chi connectivity index (χ4v) is 8.17. The van der Waals surface area contributed by atoms with E-state index in [1.807, 2.05) is 36.4 Å². The first kappa shape index (κ1) is 29.6. The van der Waals surface area contributed by atoms with Crippen LogP contribution in [0.4, 0.5) is 21.3 Å². The van der Waals surface area contributed by atoms with E-state index in [0.717, 1.165) is 59.3 Å². The Morgan fingerprint density at radius 3 is 2.60 bits per heavy atom. The Hall–Kier alpha value is -3.46. The molecule has 11 nitrogen and oxygen atoms in total. The van der Waals surface area contributed by atoms with Crippen molar-refractivity contribution in [3.63, 3.8) is 0 Å². The molecule has 2 aromatic carbocycles. The fraction of sp³-hybridized carbons (Fsp3) is 0.379. The number of Topliss-reactive ketones (excluding diaryl/α,β-unsaturated/α-hetero) is 1. The molecule has 0 spiro atoms. The Balaban J connectivity index is 1.21. The number of nitrogens with zero attached hydrogens (tertiary/aromatic N) is 6. The number of rotatable bonds is 10. The van der Waals surface area contributed by atoms with Crippen molar-refractivity contribution >= 4 is 63.2 Å². The van der Waals surface area contributed by atoms with Crippen molar-refractivity contribution in [1.82, 2.24) is 25.2 Å². The number of tetrazole rings is 1. The van der Waals surface area contributed by atoms with Crippen LogP contribution in [0, 0.1) is 5.92 Å². The Bertz CT molecular complexity index is 1570. The third-order valence-corrected chi connectivity index (χ3v) is 10.7. The first-order chi connectivity index (χ1) is 21.0. The third-order valence-electron chi connectivity index (χ3n) is 7.38. The van der Waals surface area contributed by atoms with Crippen LogP contribution >= 0.6 is 34.9 Å². The Morgan fingerprint density at radius 2 is 1.86 bits per heavy atom. The first-order valence-electron chi connectivity index (χ1n) is 14.2. The number of urea groups is 1. The number of thioether (sulfide) groups is 1. The summed E-state index contributed by atoms with van der Waals surface area (Å²) in [4.78, 5) is 35.0. The molecule has 2 amide bonds. The lowest BCUT2D eigenvalue weighted by atomic mass is 9.94. The van der Waals surface area contributed by atoms with Crippen molar-refractivity contribution in [2.24, 2.45) is 13.0 Å². The predicted molar refractivity (Wildman–Crippen MR) is 169 cm³/mol. The lowest BCUT2D eigenvalue weighted by Gasteiger charge is -2.29. The molecule has 1 saturated carbocycles. The van der Waals surface area contributed by atoms with Gasteiger partial charge >= 0.3 is 6.03 Å². The van der Waals surface area contributed by atoms with Crippen LogP contribution in [0.2, 0.25) is 0 Å². The molecule has 0 bridgehead atoms. The summed E-state index contributed by atoms with van der Waals surface area (Å²) < 4.78 is 7.99. The number of nitrogens with one attached hydrogen (secondary N) is 2. The number of hydrogen-bond acceptors (Lipinski definition) is 11. The standard InChI is InChI=1S/C29H32N8O3S3/c1-36-29(33-34-35-36)43-26-24(18-41-21-9-3-2-4-10-21)31-28(42-26)32-27(39)30-23-12-11-20(37-13-15-40-16-14-37)17-22(23)25(38)19-7-5-6-8-19/h2-4,9-12,17,19H,5-8,13-16,18H2,1H3,(H2,30,31,32,39). The number of aromatic nitrogens is 5. The summed E-state index contributed by atoms with van der Waals surface area (Å²) in [5.74, 6) is 0.690. The van der Waals surface area contributed by atoms with Crippen LogP contribution in [-0.4, -0.2) is 63.3 Å². The molecule has 224 valence electrons. The summed E-state index contributed by atoms with van der Waals surface area (Å²) in [6.45, 7) is 2.84. The second-order valence-corrected chi connectivity index (χ2v) is 13.6. The van der Waals surface area contributed by atoms with E-state index in [1.165, 1.54) is 23.1 Å². The second kappa shape index (κ2) is 13.9. The van der Waals surface area contributed by atoms with Crippen molar-refractivity contribution in [2.45, 2.75) is 45.7 Å². The molecule has 1 saturated heterocycles. The number of hydrogen-bond donors (Lipinski definition) is 2. The third kappa shape index (κ3) is 7.37. The molecule has 0 atom stereocenters. The minimum Gasteiger partial charge on any atom is -0.378 e. The summed E-state index contributed by atoms with van der Waals surface area (Å²) in [6.07, 6.45) is 3.89. The van der Waals surface area contributed by atoms with Gasteiger partial charge in [-0.15, -0.1) is 16.9 Å². The van der Waals surface area contributed by atoms with E-state index in [4.69, 9.17) is 9.72 Å². The maximum atomic E-state index is 13.6. The van der Waals surface area contributed by atoms with E-state index in [1.54, 1.807) is 23.5 Å². The van der Waals surface area contributed by atoms with Crippen LogP contribution in [0.15, 0.2) is 62.8 Å². The SMILES string of the molecule is Cn1nnnc1Sc1sc(NC(=O)Nc2ccc(N3CCOCC3)cc2C(=O)C2CCCC2)nc1CSc1ccccc1. The lowest BCUT2D eigenvalue weighted by molar-refractivity contribution is 0.0923. The molecule has 0 radical (unpaired) electrons. The van der Waals surface area contributed by atoms with Gasteiger partial charge in [0.05, 0.1) is 28.8 Å². The first-order valence-corrected chi connectivity index (χ1v) is 16.8. The maximum Gasteiger partial charge on any atom is 0.325 e. The molecule has 2 aromatic heterocycles. The normalized spacial score (nSPS) is 15.5. The van der Waals surface area contributed by atoms with E-state index in [9.17, 15) is 9.59 Å². The zero-order valence-corrected chi connectivity index (χ0v) is 26.1. The van der Waals surface area contributed by atoms with E-state index in [-0.39, 0.29) is 11.7 Å². The summed E-state index contributed by atoms with van der Waals surface area (Å²) in [5.41, 5.74) is 2.85. The molecule has 2 N–H and O–H groups in total.